The molecule has 0 radical (unpaired) electrons. The highest BCUT2D eigenvalue weighted by molar-refractivity contribution is 7.98. The van der Waals surface area contributed by atoms with Crippen molar-refractivity contribution >= 4 is 11.8 Å². The molecule has 1 aromatic rings. The molecule has 0 fully saturated rings. The van der Waals surface area contributed by atoms with Crippen LogP contribution in [0.2, 0.25) is 0 Å². The van der Waals surface area contributed by atoms with Crippen LogP contribution < -0.4 is 5.32 Å². The summed E-state index contributed by atoms with van der Waals surface area (Å²) in [6.07, 6.45) is 12.4. The van der Waals surface area contributed by atoms with E-state index in [0.717, 1.165) is 6.54 Å². The van der Waals surface area contributed by atoms with Gasteiger partial charge in [0.15, 0.2) is 0 Å². The van der Waals surface area contributed by atoms with Gasteiger partial charge in [-0.3, -0.25) is 0 Å². The summed E-state index contributed by atoms with van der Waals surface area (Å²) >= 11 is 1.86. The molecule has 1 nitrogen and oxygen atoms in total. The van der Waals surface area contributed by atoms with E-state index in [1.54, 1.807) is 5.57 Å². The number of thioether (sulfide) groups is 1. The molecule has 1 aromatic carbocycles. The first-order chi connectivity index (χ1) is 9.86. The van der Waals surface area contributed by atoms with Crippen LogP contribution in [0.25, 0.3) is 0 Å². The molecule has 1 unspecified atom stereocenters. The summed E-state index contributed by atoms with van der Waals surface area (Å²) < 4.78 is 0. The topological polar surface area (TPSA) is 12.0 Å². The van der Waals surface area contributed by atoms with Crippen molar-refractivity contribution < 1.29 is 0 Å². The Balaban J connectivity index is 2.28. The van der Waals surface area contributed by atoms with Crippen LogP contribution in [0.15, 0.2) is 40.8 Å². The first kappa shape index (κ1) is 15.7. The molecule has 0 aromatic heterocycles. The normalized spacial score (nSPS) is 17.4. The van der Waals surface area contributed by atoms with Gasteiger partial charge in [-0.2, -0.15) is 0 Å². The Morgan fingerprint density at radius 3 is 2.85 bits per heavy atom. The van der Waals surface area contributed by atoms with E-state index >= 15 is 0 Å². The first-order valence-electron chi connectivity index (χ1n) is 7.92. The Morgan fingerprint density at radius 2 is 2.05 bits per heavy atom. The maximum atomic E-state index is 3.78. The lowest BCUT2D eigenvalue weighted by atomic mass is 9.95. The number of hydrogen-bond donors (Lipinski definition) is 1. The molecule has 0 saturated carbocycles. The van der Waals surface area contributed by atoms with E-state index in [0.29, 0.717) is 6.04 Å². The van der Waals surface area contributed by atoms with Gasteiger partial charge in [-0.25, -0.2) is 0 Å². The number of allylic oxidation sites excluding steroid dienone is 1. The van der Waals surface area contributed by atoms with Crippen molar-refractivity contribution in [3.05, 3.63) is 41.5 Å². The predicted molar refractivity (Wildman–Crippen MR) is 90.4 cm³/mol. The molecule has 20 heavy (non-hydrogen) atoms. The van der Waals surface area contributed by atoms with Gasteiger partial charge in [0, 0.05) is 4.90 Å². The smallest absolute Gasteiger partial charge is 0.0547 e. The molecule has 0 amide bonds. The highest BCUT2D eigenvalue weighted by Crippen LogP contribution is 2.34. The van der Waals surface area contributed by atoms with Crippen molar-refractivity contribution in [1.29, 1.82) is 0 Å². The van der Waals surface area contributed by atoms with Gasteiger partial charge in [0.25, 0.3) is 0 Å². The molecule has 0 aliphatic heterocycles. The highest BCUT2D eigenvalue weighted by atomic mass is 32.2. The molecular weight excluding hydrogens is 262 g/mol. The lowest BCUT2D eigenvalue weighted by molar-refractivity contribution is 0.561. The summed E-state index contributed by atoms with van der Waals surface area (Å²) in [6.45, 7) is 3.33. The molecule has 2 rings (SSSR count). The van der Waals surface area contributed by atoms with E-state index in [1.165, 1.54) is 49.0 Å². The van der Waals surface area contributed by atoms with Crippen LogP contribution in [0, 0.1) is 0 Å². The van der Waals surface area contributed by atoms with Crippen molar-refractivity contribution in [3.8, 4) is 0 Å². The fraction of sp³-hybridized carbons (Fsp3) is 0.556. The van der Waals surface area contributed by atoms with Gasteiger partial charge in [0.2, 0.25) is 0 Å². The molecule has 0 spiro atoms. The van der Waals surface area contributed by atoms with E-state index in [2.05, 4.69) is 48.8 Å². The van der Waals surface area contributed by atoms with Crippen LogP contribution in [0.1, 0.15) is 57.1 Å². The average Bonchev–Trinajstić information content (AvgIpc) is 2.77. The number of nitrogens with one attached hydrogen (secondary N) is 1. The molecule has 1 atom stereocenters. The Bertz CT molecular complexity index is 439. The van der Waals surface area contributed by atoms with Crippen LogP contribution >= 0.6 is 11.8 Å². The minimum Gasteiger partial charge on any atom is -0.306 e. The standard InChI is InChI=1S/C18H27NS/c1-3-14-19-18(15-10-6-4-5-7-11-15)16-12-8-9-13-17(16)20-2/h8-10,12-13,18-19H,3-7,11,14H2,1-2H3. The molecule has 0 heterocycles. The zero-order chi connectivity index (χ0) is 14.2. The summed E-state index contributed by atoms with van der Waals surface area (Å²) in [7, 11) is 0. The maximum absolute atomic E-state index is 3.78. The summed E-state index contributed by atoms with van der Waals surface area (Å²) in [5.41, 5.74) is 3.07. The van der Waals surface area contributed by atoms with E-state index in [9.17, 15) is 0 Å². The molecule has 1 aliphatic rings. The lowest BCUT2D eigenvalue weighted by Crippen LogP contribution is -2.24. The highest BCUT2D eigenvalue weighted by Gasteiger charge is 2.19. The summed E-state index contributed by atoms with van der Waals surface area (Å²) in [5, 5.41) is 3.78. The van der Waals surface area contributed by atoms with Crippen LogP contribution in [0.3, 0.4) is 0 Å². The Kier molecular flexibility index (Phi) is 6.68. The third-order valence-electron chi connectivity index (χ3n) is 4.00. The minimum absolute atomic E-state index is 0.414. The fourth-order valence-corrected chi connectivity index (χ4v) is 3.57. The second-order valence-electron chi connectivity index (χ2n) is 5.51. The van der Waals surface area contributed by atoms with Gasteiger partial charge in [-0.05, 0) is 56.5 Å². The predicted octanol–water partition coefficient (Wildman–Crippen LogP) is 5.34. The van der Waals surface area contributed by atoms with Crippen LogP contribution in [0.5, 0.6) is 0 Å². The zero-order valence-electron chi connectivity index (χ0n) is 12.8. The Morgan fingerprint density at radius 1 is 1.20 bits per heavy atom. The largest absolute Gasteiger partial charge is 0.306 e. The second-order valence-corrected chi connectivity index (χ2v) is 6.36. The van der Waals surface area contributed by atoms with E-state index in [4.69, 9.17) is 0 Å². The van der Waals surface area contributed by atoms with Gasteiger partial charge in [0.05, 0.1) is 6.04 Å². The van der Waals surface area contributed by atoms with E-state index in [-0.39, 0.29) is 0 Å². The third-order valence-corrected chi connectivity index (χ3v) is 4.81. The van der Waals surface area contributed by atoms with E-state index < -0.39 is 0 Å². The summed E-state index contributed by atoms with van der Waals surface area (Å²) in [5.74, 6) is 0. The van der Waals surface area contributed by atoms with Gasteiger partial charge in [-0.15, -0.1) is 11.8 Å². The minimum atomic E-state index is 0.414. The van der Waals surface area contributed by atoms with Crippen molar-refractivity contribution in [2.24, 2.45) is 0 Å². The average molecular weight is 289 g/mol. The molecular formula is C18H27NS. The quantitative estimate of drug-likeness (QED) is 0.560. The molecule has 2 heteroatoms. The van der Waals surface area contributed by atoms with Crippen LogP contribution in [-0.4, -0.2) is 12.8 Å². The SMILES string of the molecule is CCCNC(C1=CCCCCC1)c1ccccc1SC. The summed E-state index contributed by atoms with van der Waals surface area (Å²) in [6, 6.07) is 9.28. The van der Waals surface area contributed by atoms with Crippen LogP contribution in [-0.2, 0) is 0 Å². The van der Waals surface area contributed by atoms with Crippen molar-refractivity contribution in [1.82, 2.24) is 5.32 Å². The van der Waals surface area contributed by atoms with Gasteiger partial charge >= 0.3 is 0 Å². The van der Waals surface area contributed by atoms with Crippen molar-refractivity contribution in [3.63, 3.8) is 0 Å². The first-order valence-corrected chi connectivity index (χ1v) is 9.14. The van der Waals surface area contributed by atoms with Gasteiger partial charge in [-0.1, -0.05) is 43.2 Å². The van der Waals surface area contributed by atoms with E-state index in [1.807, 2.05) is 11.8 Å². The lowest BCUT2D eigenvalue weighted by Gasteiger charge is -2.24. The Hall–Kier alpha value is -0.730. The summed E-state index contributed by atoms with van der Waals surface area (Å²) in [4.78, 5) is 1.41. The number of hydrogen-bond acceptors (Lipinski definition) is 2. The number of rotatable bonds is 6. The zero-order valence-corrected chi connectivity index (χ0v) is 13.6. The molecule has 1 N–H and O–H groups in total. The van der Waals surface area contributed by atoms with Crippen molar-refractivity contribution in [2.75, 3.05) is 12.8 Å². The number of benzene rings is 1. The fourth-order valence-electron chi connectivity index (χ4n) is 2.94. The Labute approximate surface area is 128 Å². The molecule has 0 bridgehead atoms. The molecule has 110 valence electrons. The van der Waals surface area contributed by atoms with Gasteiger partial charge < -0.3 is 5.32 Å². The van der Waals surface area contributed by atoms with Crippen LogP contribution in [0.4, 0.5) is 0 Å². The molecule has 0 saturated heterocycles. The van der Waals surface area contributed by atoms with Crippen molar-refractivity contribution in [2.45, 2.75) is 56.4 Å². The second kappa shape index (κ2) is 8.53. The maximum Gasteiger partial charge on any atom is 0.0547 e. The van der Waals surface area contributed by atoms with Gasteiger partial charge in [0.1, 0.15) is 0 Å². The molecule has 1 aliphatic carbocycles. The third kappa shape index (κ3) is 4.13. The monoisotopic (exact) mass is 289 g/mol.